The maximum absolute atomic E-state index is 3.64. The fourth-order valence-electron chi connectivity index (χ4n) is 1.90. The first-order valence-corrected chi connectivity index (χ1v) is 7.31. The molecule has 0 N–H and O–H groups in total. The first-order valence-electron chi connectivity index (χ1n) is 5.40. The molecular weight excluding hydrogens is 316 g/mol. The van der Waals surface area contributed by atoms with Gasteiger partial charge in [0.25, 0.3) is 0 Å². The predicted molar refractivity (Wildman–Crippen MR) is 74.7 cm³/mol. The molecule has 1 aromatic carbocycles. The van der Waals surface area contributed by atoms with Crippen molar-refractivity contribution in [2.45, 2.75) is 33.1 Å². The van der Waals surface area contributed by atoms with Gasteiger partial charge < -0.3 is 0 Å². The summed E-state index contributed by atoms with van der Waals surface area (Å²) < 4.78 is 1.15. The highest BCUT2D eigenvalue weighted by Crippen LogP contribution is 2.30. The summed E-state index contributed by atoms with van der Waals surface area (Å²) in [6, 6.07) is 8.66. The molecule has 1 unspecified atom stereocenters. The van der Waals surface area contributed by atoms with Crippen LogP contribution in [0.2, 0.25) is 0 Å². The van der Waals surface area contributed by atoms with Crippen LogP contribution in [0.3, 0.4) is 0 Å². The largest absolute Gasteiger partial charge is 0.0922 e. The third-order valence-electron chi connectivity index (χ3n) is 2.72. The van der Waals surface area contributed by atoms with E-state index in [0.29, 0.717) is 5.41 Å². The highest BCUT2D eigenvalue weighted by atomic mass is 79.9. The lowest BCUT2D eigenvalue weighted by Gasteiger charge is -2.27. The van der Waals surface area contributed by atoms with Crippen LogP contribution in [0.4, 0.5) is 0 Å². The van der Waals surface area contributed by atoms with Crippen molar-refractivity contribution < 1.29 is 0 Å². The molecule has 1 atom stereocenters. The SMILES string of the molecule is CCCC(C)(CBr)Cc1ccc(Br)cc1. The van der Waals surface area contributed by atoms with Gasteiger partial charge in [-0.05, 0) is 36.0 Å². The monoisotopic (exact) mass is 332 g/mol. The fraction of sp³-hybridized carbons (Fsp3) is 0.538. The van der Waals surface area contributed by atoms with Gasteiger partial charge in [-0.15, -0.1) is 0 Å². The minimum absolute atomic E-state index is 0.391. The Labute approximate surface area is 110 Å². The Morgan fingerprint density at radius 3 is 2.27 bits per heavy atom. The molecule has 2 heteroatoms. The zero-order valence-electron chi connectivity index (χ0n) is 9.39. The average molecular weight is 334 g/mol. The molecule has 0 aliphatic carbocycles. The van der Waals surface area contributed by atoms with Crippen LogP contribution < -0.4 is 0 Å². The zero-order valence-corrected chi connectivity index (χ0v) is 12.6. The van der Waals surface area contributed by atoms with Gasteiger partial charge in [0, 0.05) is 9.80 Å². The van der Waals surface area contributed by atoms with E-state index in [-0.39, 0.29) is 0 Å². The lowest BCUT2D eigenvalue weighted by atomic mass is 9.82. The maximum atomic E-state index is 3.64. The Morgan fingerprint density at radius 1 is 1.20 bits per heavy atom. The molecule has 84 valence electrons. The van der Waals surface area contributed by atoms with Gasteiger partial charge in [0.1, 0.15) is 0 Å². The van der Waals surface area contributed by atoms with Crippen LogP contribution in [0.1, 0.15) is 32.3 Å². The Kier molecular flexibility index (Phi) is 5.34. The maximum Gasteiger partial charge on any atom is 0.0175 e. The highest BCUT2D eigenvalue weighted by Gasteiger charge is 2.22. The van der Waals surface area contributed by atoms with Gasteiger partial charge in [-0.3, -0.25) is 0 Å². The molecule has 0 saturated heterocycles. The van der Waals surface area contributed by atoms with Crippen LogP contribution in [0, 0.1) is 5.41 Å². The van der Waals surface area contributed by atoms with Gasteiger partial charge in [0.15, 0.2) is 0 Å². The van der Waals surface area contributed by atoms with Crippen LogP contribution in [0.5, 0.6) is 0 Å². The van der Waals surface area contributed by atoms with E-state index in [1.165, 1.54) is 18.4 Å². The fourth-order valence-corrected chi connectivity index (χ4v) is 2.64. The van der Waals surface area contributed by atoms with Crippen molar-refractivity contribution in [3.8, 4) is 0 Å². The molecule has 0 radical (unpaired) electrons. The van der Waals surface area contributed by atoms with Gasteiger partial charge >= 0.3 is 0 Å². The molecule has 0 bridgehead atoms. The molecule has 1 rings (SSSR count). The molecule has 0 heterocycles. The van der Waals surface area contributed by atoms with E-state index >= 15 is 0 Å². The summed E-state index contributed by atoms with van der Waals surface area (Å²) in [5.74, 6) is 0. The van der Waals surface area contributed by atoms with Crippen molar-refractivity contribution in [2.24, 2.45) is 5.41 Å². The normalized spacial score (nSPS) is 14.9. The second-order valence-electron chi connectivity index (χ2n) is 4.50. The summed E-state index contributed by atoms with van der Waals surface area (Å²) in [6.45, 7) is 4.61. The smallest absolute Gasteiger partial charge is 0.0175 e. The minimum atomic E-state index is 0.391. The van der Waals surface area contributed by atoms with E-state index in [2.05, 4.69) is 70.0 Å². The molecule has 1 aromatic rings. The quantitative estimate of drug-likeness (QED) is 0.650. The highest BCUT2D eigenvalue weighted by molar-refractivity contribution is 9.10. The van der Waals surface area contributed by atoms with Crippen LogP contribution >= 0.6 is 31.9 Å². The number of hydrogen-bond acceptors (Lipinski definition) is 0. The van der Waals surface area contributed by atoms with Gasteiger partial charge in [-0.2, -0.15) is 0 Å². The Bertz CT molecular complexity index is 292. The Morgan fingerprint density at radius 2 is 1.80 bits per heavy atom. The molecule has 0 fully saturated rings. The van der Waals surface area contributed by atoms with E-state index in [4.69, 9.17) is 0 Å². The van der Waals surface area contributed by atoms with Crippen molar-refractivity contribution in [2.75, 3.05) is 5.33 Å². The number of halogens is 2. The van der Waals surface area contributed by atoms with E-state index in [0.717, 1.165) is 16.2 Å². The number of rotatable bonds is 5. The molecular formula is C13H18Br2. The third kappa shape index (κ3) is 4.28. The molecule has 0 aliphatic rings. The van der Waals surface area contributed by atoms with Gasteiger partial charge in [0.05, 0.1) is 0 Å². The van der Waals surface area contributed by atoms with E-state index in [1.807, 2.05) is 0 Å². The van der Waals surface area contributed by atoms with Crippen molar-refractivity contribution in [1.29, 1.82) is 0 Å². The molecule has 15 heavy (non-hydrogen) atoms. The lowest BCUT2D eigenvalue weighted by molar-refractivity contribution is 0.340. The second kappa shape index (κ2) is 6.05. The van der Waals surface area contributed by atoms with Gasteiger partial charge in [0.2, 0.25) is 0 Å². The van der Waals surface area contributed by atoms with Crippen molar-refractivity contribution in [3.05, 3.63) is 34.3 Å². The Hall–Kier alpha value is 0.180. The second-order valence-corrected chi connectivity index (χ2v) is 5.97. The van der Waals surface area contributed by atoms with Crippen molar-refractivity contribution in [1.82, 2.24) is 0 Å². The molecule has 0 saturated carbocycles. The molecule has 0 amide bonds. The first kappa shape index (κ1) is 13.2. The zero-order chi connectivity index (χ0) is 11.3. The standard InChI is InChI=1S/C13H18Br2/c1-3-8-13(2,10-14)9-11-4-6-12(15)7-5-11/h4-7H,3,8-10H2,1-2H3. The molecule has 0 nitrogen and oxygen atoms in total. The Balaban J connectivity index is 2.70. The number of alkyl halides is 1. The van der Waals surface area contributed by atoms with Gasteiger partial charge in [-0.25, -0.2) is 0 Å². The summed E-state index contributed by atoms with van der Waals surface area (Å²) in [4.78, 5) is 0. The lowest BCUT2D eigenvalue weighted by Crippen LogP contribution is -2.21. The first-order chi connectivity index (χ1) is 7.09. The summed E-state index contributed by atoms with van der Waals surface area (Å²) in [7, 11) is 0. The summed E-state index contributed by atoms with van der Waals surface area (Å²) in [5.41, 5.74) is 1.82. The molecule has 0 spiro atoms. The number of benzene rings is 1. The van der Waals surface area contributed by atoms with Crippen molar-refractivity contribution in [3.63, 3.8) is 0 Å². The van der Waals surface area contributed by atoms with Gasteiger partial charge in [-0.1, -0.05) is 64.3 Å². The number of hydrogen-bond donors (Lipinski definition) is 0. The van der Waals surface area contributed by atoms with E-state index in [1.54, 1.807) is 0 Å². The summed E-state index contributed by atoms with van der Waals surface area (Å²) >= 11 is 7.10. The van der Waals surface area contributed by atoms with Crippen molar-refractivity contribution >= 4 is 31.9 Å². The van der Waals surface area contributed by atoms with Crippen LogP contribution in [0.25, 0.3) is 0 Å². The van der Waals surface area contributed by atoms with Crippen LogP contribution in [-0.2, 0) is 6.42 Å². The minimum Gasteiger partial charge on any atom is -0.0922 e. The topological polar surface area (TPSA) is 0 Å². The predicted octanol–water partition coefficient (Wildman–Crippen LogP) is 5.19. The third-order valence-corrected chi connectivity index (χ3v) is 4.60. The van der Waals surface area contributed by atoms with Crippen LogP contribution in [-0.4, -0.2) is 5.33 Å². The van der Waals surface area contributed by atoms with E-state index in [9.17, 15) is 0 Å². The summed E-state index contributed by atoms with van der Waals surface area (Å²) in [6.07, 6.45) is 3.67. The van der Waals surface area contributed by atoms with Crippen LogP contribution in [0.15, 0.2) is 28.7 Å². The molecule has 0 aliphatic heterocycles. The average Bonchev–Trinajstić information content (AvgIpc) is 2.22. The summed E-state index contributed by atoms with van der Waals surface area (Å²) in [5, 5.41) is 1.07. The van der Waals surface area contributed by atoms with E-state index < -0.39 is 0 Å². The molecule has 0 aromatic heterocycles.